The molecule has 1 unspecified atom stereocenters. The molecule has 1 aliphatic rings. The maximum absolute atomic E-state index is 13.2. The summed E-state index contributed by atoms with van der Waals surface area (Å²) < 4.78 is 6.40. The number of nitrogens with zero attached hydrogens (tertiary/aromatic N) is 2. The molecule has 2 amide bonds. The first-order chi connectivity index (χ1) is 14.5. The Balaban J connectivity index is 1.57. The van der Waals surface area contributed by atoms with Gasteiger partial charge in [-0.3, -0.25) is 9.69 Å². The predicted molar refractivity (Wildman–Crippen MR) is 119 cm³/mol. The van der Waals surface area contributed by atoms with Crippen molar-refractivity contribution in [3.05, 3.63) is 94.5 Å². The van der Waals surface area contributed by atoms with Gasteiger partial charge in [-0.25, -0.2) is 15.6 Å². The van der Waals surface area contributed by atoms with Crippen LogP contribution in [-0.4, -0.2) is 18.0 Å². The molecule has 3 aromatic carbocycles. The van der Waals surface area contributed by atoms with Crippen LogP contribution in [0.5, 0.6) is 0 Å². The predicted octanol–water partition coefficient (Wildman–Crippen LogP) is 4.42. The third-order valence-electron chi connectivity index (χ3n) is 5.01. The smallest absolute Gasteiger partial charge is 0.415 e. The Morgan fingerprint density at radius 2 is 1.67 bits per heavy atom. The molecule has 152 valence electrons. The number of hydrogen-bond donors (Lipinski definition) is 1. The summed E-state index contributed by atoms with van der Waals surface area (Å²) in [4.78, 5) is 27.6. The average Bonchev–Trinajstić information content (AvgIpc) is 3.17. The zero-order chi connectivity index (χ0) is 21.1. The number of carbonyl (C=O) groups excluding carboxylic acids is 2. The number of fused-ring (bicyclic) bond motifs is 1. The van der Waals surface area contributed by atoms with Crippen molar-refractivity contribution < 1.29 is 14.3 Å². The van der Waals surface area contributed by atoms with Crippen molar-refractivity contribution in [2.75, 3.05) is 9.91 Å². The molecule has 0 bridgehead atoms. The van der Waals surface area contributed by atoms with Gasteiger partial charge in [-0.2, -0.15) is 0 Å². The quantitative estimate of drug-likeness (QED) is 0.351. The molecule has 0 aromatic heterocycles. The molecule has 30 heavy (non-hydrogen) atoms. The van der Waals surface area contributed by atoms with Crippen LogP contribution >= 0.6 is 15.9 Å². The minimum absolute atomic E-state index is 0.123. The molecular formula is C23H20BrN3O3. The highest BCUT2D eigenvalue weighted by atomic mass is 79.9. The third-order valence-corrected chi connectivity index (χ3v) is 5.53. The number of carbonyl (C=O) groups is 2. The first-order valence-electron chi connectivity index (χ1n) is 9.46. The first-order valence-corrected chi connectivity index (χ1v) is 10.3. The molecule has 0 spiro atoms. The second-order valence-corrected chi connectivity index (χ2v) is 7.86. The topological polar surface area (TPSA) is 75.9 Å². The lowest BCUT2D eigenvalue weighted by atomic mass is 10.1. The van der Waals surface area contributed by atoms with E-state index < -0.39 is 12.1 Å². The van der Waals surface area contributed by atoms with Gasteiger partial charge in [0, 0.05) is 10.9 Å². The molecule has 0 saturated carbocycles. The van der Waals surface area contributed by atoms with Crippen LogP contribution in [0.15, 0.2) is 83.3 Å². The Labute approximate surface area is 182 Å². The van der Waals surface area contributed by atoms with Crippen molar-refractivity contribution >= 4 is 39.3 Å². The van der Waals surface area contributed by atoms with E-state index in [4.69, 9.17) is 10.6 Å². The van der Waals surface area contributed by atoms with Gasteiger partial charge in [0.1, 0.15) is 12.6 Å². The van der Waals surface area contributed by atoms with Gasteiger partial charge < -0.3 is 4.74 Å². The fourth-order valence-corrected chi connectivity index (χ4v) is 3.75. The molecule has 4 rings (SSSR count). The van der Waals surface area contributed by atoms with E-state index in [1.807, 2.05) is 54.6 Å². The highest BCUT2D eigenvalue weighted by molar-refractivity contribution is 9.10. The van der Waals surface area contributed by atoms with Crippen molar-refractivity contribution in [2.24, 2.45) is 5.84 Å². The molecule has 0 radical (unpaired) electrons. The fourth-order valence-electron chi connectivity index (χ4n) is 3.49. The van der Waals surface area contributed by atoms with E-state index in [-0.39, 0.29) is 12.5 Å². The Morgan fingerprint density at radius 3 is 2.40 bits per heavy atom. The monoisotopic (exact) mass is 465 g/mol. The summed E-state index contributed by atoms with van der Waals surface area (Å²) in [5.74, 6) is 5.74. The Kier molecular flexibility index (Phi) is 5.83. The maximum Gasteiger partial charge on any atom is 0.415 e. The van der Waals surface area contributed by atoms with Crippen molar-refractivity contribution in [3.8, 4) is 0 Å². The molecule has 0 saturated heterocycles. The number of nitrogens with two attached hydrogens (primary N) is 1. The van der Waals surface area contributed by atoms with Crippen molar-refractivity contribution in [1.82, 2.24) is 0 Å². The molecule has 0 aliphatic carbocycles. The van der Waals surface area contributed by atoms with Gasteiger partial charge in [-0.05, 0) is 41.5 Å². The first kappa shape index (κ1) is 20.1. The van der Waals surface area contributed by atoms with Gasteiger partial charge in [-0.1, -0.05) is 64.5 Å². The Morgan fingerprint density at radius 1 is 1.00 bits per heavy atom. The number of anilines is 2. The summed E-state index contributed by atoms with van der Waals surface area (Å²) in [7, 11) is 0. The lowest BCUT2D eigenvalue weighted by molar-refractivity contribution is -0.119. The lowest BCUT2D eigenvalue weighted by Gasteiger charge is -2.27. The summed E-state index contributed by atoms with van der Waals surface area (Å²) >= 11 is 3.37. The second kappa shape index (κ2) is 8.69. The molecule has 2 N–H and O–H groups in total. The molecule has 1 heterocycles. The van der Waals surface area contributed by atoms with Crippen LogP contribution < -0.4 is 15.8 Å². The van der Waals surface area contributed by atoms with E-state index in [0.29, 0.717) is 17.8 Å². The highest BCUT2D eigenvalue weighted by Crippen LogP contribution is 2.34. The number of hydrogen-bond acceptors (Lipinski definition) is 4. The Bertz CT molecular complexity index is 1060. The van der Waals surface area contributed by atoms with E-state index >= 15 is 0 Å². The van der Waals surface area contributed by atoms with Crippen molar-refractivity contribution in [2.45, 2.75) is 19.1 Å². The largest absolute Gasteiger partial charge is 0.444 e. The molecule has 0 fully saturated rings. The van der Waals surface area contributed by atoms with Gasteiger partial charge >= 0.3 is 6.09 Å². The zero-order valence-electron chi connectivity index (χ0n) is 16.1. The average molecular weight is 466 g/mol. The SMILES string of the molecule is NN(C(=O)C1Cc2ccccc2N1C(=O)OCc1ccccc1)c1ccc(Br)cc1. The zero-order valence-corrected chi connectivity index (χ0v) is 17.7. The Hall–Kier alpha value is -3.16. The minimum atomic E-state index is -0.778. The molecule has 6 nitrogen and oxygen atoms in total. The van der Waals surface area contributed by atoms with E-state index in [0.717, 1.165) is 20.6 Å². The van der Waals surface area contributed by atoms with Gasteiger partial charge in [0.25, 0.3) is 5.91 Å². The van der Waals surface area contributed by atoms with E-state index in [1.54, 1.807) is 24.3 Å². The number of halogens is 1. The fraction of sp³-hybridized carbons (Fsp3) is 0.130. The van der Waals surface area contributed by atoms with Gasteiger partial charge in [0.2, 0.25) is 0 Å². The molecule has 7 heteroatoms. The number of rotatable bonds is 4. The molecule has 1 atom stereocenters. The van der Waals surface area contributed by atoms with Crippen LogP contribution in [0.4, 0.5) is 16.2 Å². The normalized spacial score (nSPS) is 14.9. The van der Waals surface area contributed by atoms with Crippen molar-refractivity contribution in [1.29, 1.82) is 0 Å². The summed E-state index contributed by atoms with van der Waals surface area (Å²) in [6.45, 7) is 0.123. The van der Waals surface area contributed by atoms with Crippen LogP contribution in [0.25, 0.3) is 0 Å². The van der Waals surface area contributed by atoms with Gasteiger partial charge in [0.15, 0.2) is 0 Å². The minimum Gasteiger partial charge on any atom is -0.444 e. The van der Waals surface area contributed by atoms with Gasteiger partial charge in [-0.15, -0.1) is 0 Å². The van der Waals surface area contributed by atoms with Crippen molar-refractivity contribution in [3.63, 3.8) is 0 Å². The van der Waals surface area contributed by atoms with E-state index in [9.17, 15) is 9.59 Å². The summed E-state index contributed by atoms with van der Waals surface area (Å²) in [6, 6.07) is 23.1. The van der Waals surface area contributed by atoms with Crippen LogP contribution in [0.3, 0.4) is 0 Å². The van der Waals surface area contributed by atoms with E-state index in [2.05, 4.69) is 15.9 Å². The highest BCUT2D eigenvalue weighted by Gasteiger charge is 2.41. The summed E-state index contributed by atoms with van der Waals surface area (Å²) in [5.41, 5.74) is 2.98. The standard InChI is InChI=1S/C23H20BrN3O3/c24-18-10-12-19(13-11-18)27(25)22(28)21-14-17-8-4-5-9-20(17)26(21)23(29)30-15-16-6-2-1-3-7-16/h1-13,21H,14-15,25H2. The number of benzene rings is 3. The lowest BCUT2D eigenvalue weighted by Crippen LogP contribution is -2.52. The van der Waals surface area contributed by atoms with Crippen LogP contribution in [0.1, 0.15) is 11.1 Å². The van der Waals surface area contributed by atoms with Gasteiger partial charge in [0.05, 0.1) is 11.4 Å². The molecule has 3 aromatic rings. The maximum atomic E-state index is 13.2. The number of hydrazine groups is 1. The number of amides is 2. The van der Waals surface area contributed by atoms with Crippen LogP contribution in [0, 0.1) is 0 Å². The molecular weight excluding hydrogens is 446 g/mol. The summed E-state index contributed by atoms with van der Waals surface area (Å²) in [6.07, 6.45) is -0.203. The second-order valence-electron chi connectivity index (χ2n) is 6.94. The van der Waals surface area contributed by atoms with Crippen LogP contribution in [0.2, 0.25) is 0 Å². The van der Waals surface area contributed by atoms with Crippen LogP contribution in [-0.2, 0) is 22.6 Å². The third kappa shape index (κ3) is 4.08. The number of ether oxygens (including phenoxy) is 1. The summed E-state index contributed by atoms with van der Waals surface area (Å²) in [5, 5.41) is 1.08. The number of para-hydroxylation sites is 1. The van der Waals surface area contributed by atoms with E-state index in [1.165, 1.54) is 4.90 Å². The molecule has 1 aliphatic heterocycles.